The Hall–Kier alpha value is -1.31. The summed E-state index contributed by atoms with van der Waals surface area (Å²) >= 11 is 6.28. The van der Waals surface area contributed by atoms with Crippen molar-refractivity contribution in [2.75, 3.05) is 0 Å². The molecule has 0 spiro atoms. The van der Waals surface area contributed by atoms with Crippen molar-refractivity contribution in [3.05, 3.63) is 58.6 Å². The quantitative estimate of drug-likeness (QED) is 0.859. The van der Waals surface area contributed by atoms with E-state index in [1.807, 2.05) is 6.07 Å². The van der Waals surface area contributed by atoms with Gasteiger partial charge in [0.1, 0.15) is 0 Å². The third kappa shape index (κ3) is 3.17. The first kappa shape index (κ1) is 12.7. The van der Waals surface area contributed by atoms with Crippen molar-refractivity contribution in [2.24, 2.45) is 0 Å². The molecule has 2 aromatic rings. The Balaban J connectivity index is 1.87. The van der Waals surface area contributed by atoms with Crippen molar-refractivity contribution in [1.82, 2.24) is 5.32 Å². The second kappa shape index (κ2) is 5.36. The number of aryl methyl sites for hydroxylation is 1. The number of benzene rings is 2. The van der Waals surface area contributed by atoms with Crippen LogP contribution in [0.3, 0.4) is 0 Å². The van der Waals surface area contributed by atoms with Gasteiger partial charge in [0.2, 0.25) is 0 Å². The molecule has 0 radical (unpaired) electrons. The predicted molar refractivity (Wildman–Crippen MR) is 81.5 cm³/mol. The van der Waals surface area contributed by atoms with Gasteiger partial charge in [-0.05, 0) is 48.6 Å². The second-order valence-electron chi connectivity index (χ2n) is 5.33. The van der Waals surface area contributed by atoms with E-state index in [2.05, 4.69) is 48.6 Å². The first-order valence-electron chi connectivity index (χ1n) is 6.81. The summed E-state index contributed by atoms with van der Waals surface area (Å²) < 4.78 is 0. The zero-order valence-corrected chi connectivity index (χ0v) is 11.9. The second-order valence-corrected chi connectivity index (χ2v) is 5.74. The molecule has 1 nitrogen and oxygen atoms in total. The predicted octanol–water partition coefficient (Wildman–Crippen LogP) is 4.57. The van der Waals surface area contributed by atoms with Crippen molar-refractivity contribution in [2.45, 2.75) is 32.4 Å². The summed E-state index contributed by atoms with van der Waals surface area (Å²) in [6.45, 7) is 2.98. The molecule has 0 saturated heterocycles. The topological polar surface area (TPSA) is 12.0 Å². The molecule has 3 rings (SSSR count). The first-order chi connectivity index (χ1) is 9.22. The van der Waals surface area contributed by atoms with E-state index in [0.717, 1.165) is 11.6 Å². The van der Waals surface area contributed by atoms with Crippen molar-refractivity contribution < 1.29 is 0 Å². The third-order valence-corrected chi connectivity index (χ3v) is 3.92. The minimum Gasteiger partial charge on any atom is -0.310 e. The summed E-state index contributed by atoms with van der Waals surface area (Å²) in [5.41, 5.74) is 4.96. The summed E-state index contributed by atoms with van der Waals surface area (Å²) in [5.74, 6) is 0. The molecule has 0 bridgehead atoms. The minimum absolute atomic E-state index is 0.707. The van der Waals surface area contributed by atoms with Crippen LogP contribution in [0.2, 0.25) is 5.02 Å². The number of halogens is 1. The van der Waals surface area contributed by atoms with Gasteiger partial charge < -0.3 is 5.32 Å². The van der Waals surface area contributed by atoms with Crippen LogP contribution in [-0.4, -0.2) is 6.04 Å². The summed E-state index contributed by atoms with van der Waals surface area (Å²) in [4.78, 5) is 0. The van der Waals surface area contributed by atoms with Gasteiger partial charge in [-0.1, -0.05) is 47.5 Å². The number of rotatable bonds is 4. The smallest absolute Gasteiger partial charge is 0.0451 e. The van der Waals surface area contributed by atoms with Crippen molar-refractivity contribution in [3.63, 3.8) is 0 Å². The zero-order chi connectivity index (χ0) is 13.2. The van der Waals surface area contributed by atoms with E-state index in [1.165, 1.54) is 35.1 Å². The molecule has 98 valence electrons. The molecule has 1 saturated carbocycles. The highest BCUT2D eigenvalue weighted by Gasteiger charge is 2.20. The maximum atomic E-state index is 6.28. The zero-order valence-electron chi connectivity index (χ0n) is 11.1. The Bertz CT molecular complexity index is 588. The lowest BCUT2D eigenvalue weighted by atomic mass is 10.0. The standard InChI is InChI=1S/C17H18ClN/c1-12-3-2-4-13(9-12)14-5-8-17(18)15(10-14)11-19-16-6-7-16/h2-5,8-10,16,19H,6-7,11H2,1H3. The molecule has 0 heterocycles. The number of hydrogen-bond acceptors (Lipinski definition) is 1. The summed E-state index contributed by atoms with van der Waals surface area (Å²) in [6, 6.07) is 15.6. The maximum Gasteiger partial charge on any atom is 0.0451 e. The molecular weight excluding hydrogens is 254 g/mol. The van der Waals surface area contributed by atoms with Gasteiger partial charge in [-0.15, -0.1) is 0 Å². The van der Waals surface area contributed by atoms with Crippen molar-refractivity contribution in [1.29, 1.82) is 0 Å². The molecule has 2 aromatic carbocycles. The van der Waals surface area contributed by atoms with Gasteiger partial charge in [0.15, 0.2) is 0 Å². The van der Waals surface area contributed by atoms with E-state index >= 15 is 0 Å². The summed E-state index contributed by atoms with van der Waals surface area (Å²) in [5, 5.41) is 4.37. The van der Waals surface area contributed by atoms with Gasteiger partial charge in [-0.25, -0.2) is 0 Å². The van der Waals surface area contributed by atoms with Crippen LogP contribution in [0.4, 0.5) is 0 Å². The fourth-order valence-electron chi connectivity index (χ4n) is 2.26. The van der Waals surface area contributed by atoms with Crippen LogP contribution in [0.5, 0.6) is 0 Å². The Morgan fingerprint density at radius 2 is 1.89 bits per heavy atom. The van der Waals surface area contributed by atoms with Gasteiger partial charge in [-0.3, -0.25) is 0 Å². The van der Waals surface area contributed by atoms with E-state index in [0.29, 0.717) is 6.04 Å². The van der Waals surface area contributed by atoms with Crippen LogP contribution < -0.4 is 5.32 Å². The summed E-state index contributed by atoms with van der Waals surface area (Å²) in [7, 11) is 0. The molecule has 19 heavy (non-hydrogen) atoms. The lowest BCUT2D eigenvalue weighted by Crippen LogP contribution is -2.15. The van der Waals surface area contributed by atoms with Crippen LogP contribution in [-0.2, 0) is 6.54 Å². The average molecular weight is 272 g/mol. The molecule has 0 atom stereocenters. The van der Waals surface area contributed by atoms with E-state index in [4.69, 9.17) is 11.6 Å². The van der Waals surface area contributed by atoms with Gasteiger partial charge in [0.05, 0.1) is 0 Å². The van der Waals surface area contributed by atoms with Gasteiger partial charge in [-0.2, -0.15) is 0 Å². The maximum absolute atomic E-state index is 6.28. The minimum atomic E-state index is 0.707. The SMILES string of the molecule is Cc1cccc(-c2ccc(Cl)c(CNC3CC3)c2)c1. The Morgan fingerprint density at radius 3 is 2.63 bits per heavy atom. The van der Waals surface area contributed by atoms with Crippen LogP contribution in [0.15, 0.2) is 42.5 Å². The molecule has 0 aromatic heterocycles. The molecule has 0 aliphatic heterocycles. The highest BCUT2D eigenvalue weighted by molar-refractivity contribution is 6.31. The van der Waals surface area contributed by atoms with E-state index in [-0.39, 0.29) is 0 Å². The van der Waals surface area contributed by atoms with E-state index < -0.39 is 0 Å². The molecule has 0 amide bonds. The molecular formula is C17H18ClN. The number of nitrogens with one attached hydrogen (secondary N) is 1. The Morgan fingerprint density at radius 1 is 1.11 bits per heavy atom. The number of hydrogen-bond donors (Lipinski definition) is 1. The highest BCUT2D eigenvalue weighted by Crippen LogP contribution is 2.27. The van der Waals surface area contributed by atoms with Crippen LogP contribution in [0.25, 0.3) is 11.1 Å². The first-order valence-corrected chi connectivity index (χ1v) is 7.19. The van der Waals surface area contributed by atoms with Crippen LogP contribution in [0.1, 0.15) is 24.0 Å². The van der Waals surface area contributed by atoms with Crippen LogP contribution >= 0.6 is 11.6 Å². The Labute approximate surface area is 119 Å². The van der Waals surface area contributed by atoms with Crippen molar-refractivity contribution >= 4 is 11.6 Å². The molecule has 1 fully saturated rings. The fourth-order valence-corrected chi connectivity index (χ4v) is 2.44. The Kier molecular flexibility index (Phi) is 3.58. The lowest BCUT2D eigenvalue weighted by Gasteiger charge is -2.09. The summed E-state index contributed by atoms with van der Waals surface area (Å²) in [6.07, 6.45) is 2.60. The average Bonchev–Trinajstić information content (AvgIpc) is 3.22. The van der Waals surface area contributed by atoms with Crippen molar-refractivity contribution in [3.8, 4) is 11.1 Å². The largest absolute Gasteiger partial charge is 0.310 e. The van der Waals surface area contributed by atoms with Gasteiger partial charge >= 0.3 is 0 Å². The molecule has 1 aliphatic carbocycles. The van der Waals surface area contributed by atoms with E-state index in [9.17, 15) is 0 Å². The normalized spacial score (nSPS) is 14.6. The van der Waals surface area contributed by atoms with E-state index in [1.54, 1.807) is 0 Å². The highest BCUT2D eigenvalue weighted by atomic mass is 35.5. The fraction of sp³-hybridized carbons (Fsp3) is 0.294. The van der Waals surface area contributed by atoms with Gasteiger partial charge in [0.25, 0.3) is 0 Å². The lowest BCUT2D eigenvalue weighted by molar-refractivity contribution is 0.688. The third-order valence-electron chi connectivity index (χ3n) is 3.56. The molecule has 1 aliphatic rings. The molecule has 0 unspecified atom stereocenters. The van der Waals surface area contributed by atoms with Crippen LogP contribution in [0, 0.1) is 6.92 Å². The molecule has 1 N–H and O–H groups in total. The molecule has 2 heteroatoms. The monoisotopic (exact) mass is 271 g/mol. The van der Waals surface area contributed by atoms with Gasteiger partial charge in [0, 0.05) is 17.6 Å².